The van der Waals surface area contributed by atoms with Gasteiger partial charge in [-0.15, -0.1) is 0 Å². The van der Waals surface area contributed by atoms with Crippen molar-refractivity contribution in [3.05, 3.63) is 34.9 Å². The van der Waals surface area contributed by atoms with Crippen LogP contribution in [0.1, 0.15) is 0 Å². The Balaban J connectivity index is 2.11. The van der Waals surface area contributed by atoms with Crippen LogP contribution in [0.15, 0.2) is 34.7 Å². The van der Waals surface area contributed by atoms with E-state index in [9.17, 15) is 13.2 Å². The molecule has 1 heterocycles. The van der Waals surface area contributed by atoms with Crippen LogP contribution in [0.3, 0.4) is 0 Å². The molecule has 1 amide bonds. The number of aromatic nitrogens is 1. The Hall–Kier alpha value is -1.84. The number of carbonyl (C=O) groups excluding carboxylic acids is 1. The third-order valence-corrected chi connectivity index (χ3v) is 5.25. The van der Waals surface area contributed by atoms with E-state index < -0.39 is 16.1 Å². The maximum absolute atomic E-state index is 12.0. The van der Waals surface area contributed by atoms with E-state index in [-0.39, 0.29) is 8.68 Å². The van der Waals surface area contributed by atoms with Crippen molar-refractivity contribution in [2.24, 2.45) is 0 Å². The monoisotopic (exact) mass is 347 g/mol. The lowest BCUT2D eigenvalue weighted by molar-refractivity contribution is 0.187. The van der Waals surface area contributed by atoms with Gasteiger partial charge in [0.25, 0.3) is 10.0 Å². The van der Waals surface area contributed by atoms with Crippen LogP contribution in [-0.4, -0.2) is 26.6 Å². The number of anilines is 2. The van der Waals surface area contributed by atoms with Crippen molar-refractivity contribution >= 4 is 50.4 Å². The van der Waals surface area contributed by atoms with Gasteiger partial charge in [-0.25, -0.2) is 18.2 Å². The van der Waals surface area contributed by atoms with Gasteiger partial charge in [-0.1, -0.05) is 22.9 Å². The van der Waals surface area contributed by atoms with E-state index in [0.29, 0.717) is 11.4 Å². The van der Waals surface area contributed by atoms with Crippen LogP contribution in [0, 0.1) is 0 Å². The molecule has 0 spiro atoms. The molecule has 0 atom stereocenters. The molecule has 112 valence electrons. The Labute approximate surface area is 130 Å². The number of benzene rings is 1. The highest BCUT2D eigenvalue weighted by molar-refractivity contribution is 7.94. The molecule has 10 heteroatoms. The Morgan fingerprint density at radius 2 is 1.90 bits per heavy atom. The maximum atomic E-state index is 12.0. The quantitative estimate of drug-likeness (QED) is 0.886. The van der Waals surface area contributed by atoms with Crippen molar-refractivity contribution in [3.63, 3.8) is 0 Å². The Morgan fingerprint density at radius 3 is 2.43 bits per heavy atom. The Kier molecular flexibility index (Phi) is 4.66. The Bertz CT molecular complexity index is 743. The SMILES string of the molecule is COC(=O)Nc1ccc(NS(=O)(=O)c2cnc(Cl)s2)cc1. The fraction of sp³-hybridized carbons (Fsp3) is 0.0909. The van der Waals surface area contributed by atoms with Gasteiger partial charge >= 0.3 is 6.09 Å². The third-order valence-electron chi connectivity index (χ3n) is 2.29. The van der Waals surface area contributed by atoms with Crippen LogP contribution in [0.2, 0.25) is 4.47 Å². The van der Waals surface area contributed by atoms with E-state index in [1.807, 2.05) is 0 Å². The molecule has 1 aromatic heterocycles. The zero-order valence-corrected chi connectivity index (χ0v) is 13.1. The molecule has 0 radical (unpaired) electrons. The predicted molar refractivity (Wildman–Crippen MR) is 80.4 cm³/mol. The predicted octanol–water partition coefficient (Wildman–Crippen LogP) is 2.78. The smallest absolute Gasteiger partial charge is 0.411 e. The molecule has 21 heavy (non-hydrogen) atoms. The van der Waals surface area contributed by atoms with E-state index >= 15 is 0 Å². The van der Waals surface area contributed by atoms with E-state index in [4.69, 9.17) is 11.6 Å². The molecule has 0 saturated carbocycles. The number of nitrogens with one attached hydrogen (secondary N) is 2. The van der Waals surface area contributed by atoms with Crippen LogP contribution >= 0.6 is 22.9 Å². The fourth-order valence-electron chi connectivity index (χ4n) is 1.36. The van der Waals surface area contributed by atoms with Gasteiger partial charge in [0.1, 0.15) is 0 Å². The number of amides is 1. The number of sulfonamides is 1. The molecule has 2 N–H and O–H groups in total. The average molecular weight is 348 g/mol. The summed E-state index contributed by atoms with van der Waals surface area (Å²) >= 11 is 6.47. The first-order valence-corrected chi connectivity index (χ1v) is 8.17. The number of rotatable bonds is 4. The van der Waals surface area contributed by atoms with Crippen molar-refractivity contribution < 1.29 is 17.9 Å². The highest BCUT2D eigenvalue weighted by Gasteiger charge is 2.17. The van der Waals surface area contributed by atoms with Gasteiger partial charge in [-0.05, 0) is 24.3 Å². The molecule has 2 aromatic rings. The second-order valence-corrected chi connectivity index (χ2v) is 7.25. The first-order valence-electron chi connectivity index (χ1n) is 5.50. The number of hydrogen-bond donors (Lipinski definition) is 2. The maximum Gasteiger partial charge on any atom is 0.411 e. The lowest BCUT2D eigenvalue weighted by Crippen LogP contribution is -2.12. The summed E-state index contributed by atoms with van der Waals surface area (Å²) in [4.78, 5) is 14.7. The van der Waals surface area contributed by atoms with Gasteiger partial charge in [0.05, 0.1) is 13.3 Å². The minimum Gasteiger partial charge on any atom is -0.453 e. The third kappa shape index (κ3) is 4.06. The minimum absolute atomic E-state index is 0.0178. The number of nitrogens with zero attached hydrogens (tertiary/aromatic N) is 1. The van der Waals surface area contributed by atoms with Crippen LogP contribution < -0.4 is 10.0 Å². The molecular weight excluding hydrogens is 338 g/mol. The molecular formula is C11H10ClN3O4S2. The van der Waals surface area contributed by atoms with Crippen molar-refractivity contribution in [2.45, 2.75) is 4.21 Å². The van der Waals surface area contributed by atoms with E-state index in [2.05, 4.69) is 19.8 Å². The van der Waals surface area contributed by atoms with Crippen LogP contribution in [-0.2, 0) is 14.8 Å². The zero-order valence-electron chi connectivity index (χ0n) is 10.7. The van der Waals surface area contributed by atoms with E-state index in [1.165, 1.54) is 37.6 Å². The van der Waals surface area contributed by atoms with Crippen LogP contribution in [0.5, 0.6) is 0 Å². The van der Waals surface area contributed by atoms with Gasteiger partial charge in [0.15, 0.2) is 8.68 Å². The summed E-state index contributed by atoms with van der Waals surface area (Å²) in [6.07, 6.45) is 0.574. The van der Waals surface area contributed by atoms with Gasteiger partial charge in [0.2, 0.25) is 0 Å². The number of ether oxygens (including phenoxy) is 1. The second-order valence-electron chi connectivity index (χ2n) is 3.73. The standard InChI is InChI=1S/C11H10ClN3O4S2/c1-19-11(16)14-7-2-4-8(5-3-7)15-21(17,18)9-6-13-10(12)20-9/h2-6,15H,1H3,(H,14,16). The normalized spacial score (nSPS) is 11.0. The summed E-state index contributed by atoms with van der Waals surface area (Å²) in [5.74, 6) is 0. The molecule has 0 unspecified atom stereocenters. The largest absolute Gasteiger partial charge is 0.453 e. The fourth-order valence-corrected chi connectivity index (χ4v) is 3.71. The van der Waals surface area contributed by atoms with Gasteiger partial charge in [-0.3, -0.25) is 10.0 Å². The minimum atomic E-state index is -3.72. The number of carbonyl (C=O) groups is 1. The zero-order chi connectivity index (χ0) is 15.5. The Morgan fingerprint density at radius 1 is 1.29 bits per heavy atom. The lowest BCUT2D eigenvalue weighted by atomic mass is 10.3. The van der Waals surface area contributed by atoms with Crippen molar-refractivity contribution in [1.82, 2.24) is 4.98 Å². The summed E-state index contributed by atoms with van der Waals surface area (Å²) < 4.78 is 31.1. The lowest BCUT2D eigenvalue weighted by Gasteiger charge is -2.07. The van der Waals surface area contributed by atoms with Gasteiger partial charge in [0, 0.05) is 11.4 Å². The second kappa shape index (κ2) is 6.29. The number of hydrogen-bond acceptors (Lipinski definition) is 6. The topological polar surface area (TPSA) is 97.4 Å². The molecule has 2 rings (SSSR count). The summed E-state index contributed by atoms with van der Waals surface area (Å²) in [6, 6.07) is 6.08. The summed E-state index contributed by atoms with van der Waals surface area (Å²) in [7, 11) is -2.48. The molecule has 0 aliphatic rings. The average Bonchev–Trinajstić information content (AvgIpc) is 2.88. The molecule has 0 saturated heterocycles. The molecule has 7 nitrogen and oxygen atoms in total. The molecule has 0 aliphatic heterocycles. The number of halogens is 1. The first kappa shape index (κ1) is 15.5. The molecule has 0 fully saturated rings. The highest BCUT2D eigenvalue weighted by atomic mass is 35.5. The number of methoxy groups -OCH3 is 1. The summed E-state index contributed by atoms with van der Waals surface area (Å²) in [5.41, 5.74) is 0.820. The van der Waals surface area contributed by atoms with Gasteiger partial charge < -0.3 is 4.74 Å². The molecule has 1 aromatic carbocycles. The first-order chi connectivity index (χ1) is 9.90. The highest BCUT2D eigenvalue weighted by Crippen LogP contribution is 2.25. The van der Waals surface area contributed by atoms with Crippen LogP contribution in [0.4, 0.5) is 16.2 Å². The van der Waals surface area contributed by atoms with Crippen molar-refractivity contribution in [1.29, 1.82) is 0 Å². The molecule has 0 aliphatic carbocycles. The van der Waals surface area contributed by atoms with E-state index in [0.717, 1.165) is 11.3 Å². The van der Waals surface area contributed by atoms with E-state index in [1.54, 1.807) is 0 Å². The number of thiazole rings is 1. The van der Waals surface area contributed by atoms with Gasteiger partial charge in [-0.2, -0.15) is 0 Å². The van der Waals surface area contributed by atoms with Crippen molar-refractivity contribution in [3.8, 4) is 0 Å². The van der Waals surface area contributed by atoms with Crippen LogP contribution in [0.25, 0.3) is 0 Å². The summed E-state index contributed by atoms with van der Waals surface area (Å²) in [6.45, 7) is 0. The molecule has 0 bridgehead atoms. The van der Waals surface area contributed by atoms with Crippen molar-refractivity contribution in [2.75, 3.05) is 17.1 Å². The summed E-state index contributed by atoms with van der Waals surface area (Å²) in [5, 5.41) is 2.45.